The lowest BCUT2D eigenvalue weighted by atomic mass is 10.1. The maximum absolute atomic E-state index is 11.8. The Morgan fingerprint density at radius 2 is 1.61 bits per heavy atom. The molecule has 1 aromatic heterocycles. The van der Waals surface area contributed by atoms with Gasteiger partial charge in [0.1, 0.15) is 11.5 Å². The van der Waals surface area contributed by atoms with Crippen LogP contribution in [-0.4, -0.2) is 36.6 Å². The predicted molar refractivity (Wildman–Crippen MR) is 107 cm³/mol. The van der Waals surface area contributed by atoms with Gasteiger partial charge in [-0.1, -0.05) is 24.3 Å². The quantitative estimate of drug-likeness (QED) is 0.549. The van der Waals surface area contributed by atoms with E-state index in [4.69, 9.17) is 19.3 Å². The van der Waals surface area contributed by atoms with E-state index >= 15 is 0 Å². The molecule has 0 aliphatic rings. The van der Waals surface area contributed by atoms with E-state index in [1.807, 2.05) is 59.3 Å². The smallest absolute Gasteiger partial charge is 0.307 e. The van der Waals surface area contributed by atoms with Crippen molar-refractivity contribution in [1.82, 2.24) is 9.78 Å². The molecule has 3 aromatic rings. The van der Waals surface area contributed by atoms with Crippen LogP contribution in [0.3, 0.4) is 0 Å². The van der Waals surface area contributed by atoms with Crippen molar-refractivity contribution in [3.05, 3.63) is 54.6 Å². The standard InChI is InChI=1S/C22H24N2O4/c1-4-28-22(25)11-12-24-21(17-8-6-10-19(14-17)27-3)15-20(23-24)16-7-5-9-18(13-16)26-2/h5-10,13-15H,4,11-12H2,1-3H3. The first kappa shape index (κ1) is 19.5. The molecule has 146 valence electrons. The molecule has 0 saturated carbocycles. The molecule has 1 heterocycles. The molecule has 6 heteroatoms. The zero-order chi connectivity index (χ0) is 19.9. The van der Waals surface area contributed by atoms with E-state index in [-0.39, 0.29) is 12.4 Å². The highest BCUT2D eigenvalue weighted by Crippen LogP contribution is 2.30. The van der Waals surface area contributed by atoms with Gasteiger partial charge in [-0.2, -0.15) is 5.10 Å². The molecule has 0 bridgehead atoms. The number of ether oxygens (including phenoxy) is 3. The number of carbonyl (C=O) groups excluding carboxylic acids is 1. The van der Waals surface area contributed by atoms with Crippen LogP contribution >= 0.6 is 0 Å². The van der Waals surface area contributed by atoms with Gasteiger partial charge in [-0.25, -0.2) is 0 Å². The van der Waals surface area contributed by atoms with Gasteiger partial charge >= 0.3 is 5.97 Å². The molecule has 0 amide bonds. The van der Waals surface area contributed by atoms with Gasteiger partial charge in [-0.05, 0) is 37.3 Å². The van der Waals surface area contributed by atoms with Crippen molar-refractivity contribution in [3.8, 4) is 34.0 Å². The second kappa shape index (κ2) is 9.08. The summed E-state index contributed by atoms with van der Waals surface area (Å²) >= 11 is 0. The molecule has 28 heavy (non-hydrogen) atoms. The van der Waals surface area contributed by atoms with E-state index in [1.165, 1.54) is 0 Å². The third kappa shape index (κ3) is 4.52. The van der Waals surface area contributed by atoms with Gasteiger partial charge in [0.25, 0.3) is 0 Å². The van der Waals surface area contributed by atoms with Crippen LogP contribution in [0.5, 0.6) is 11.5 Å². The number of methoxy groups -OCH3 is 2. The van der Waals surface area contributed by atoms with Crippen molar-refractivity contribution in [3.63, 3.8) is 0 Å². The summed E-state index contributed by atoms with van der Waals surface area (Å²) in [5.74, 6) is 1.29. The number of carbonyl (C=O) groups is 1. The van der Waals surface area contributed by atoms with Crippen LogP contribution in [0, 0.1) is 0 Å². The van der Waals surface area contributed by atoms with Gasteiger partial charge in [0, 0.05) is 11.1 Å². The Balaban J connectivity index is 1.99. The molecule has 0 aliphatic carbocycles. The number of benzene rings is 2. The molecule has 0 spiro atoms. The number of hydrogen-bond donors (Lipinski definition) is 0. The summed E-state index contributed by atoms with van der Waals surface area (Å²) in [5.41, 5.74) is 3.62. The molecular formula is C22H24N2O4. The van der Waals surface area contributed by atoms with Crippen molar-refractivity contribution in [2.45, 2.75) is 19.9 Å². The Labute approximate surface area is 164 Å². The third-order valence-electron chi connectivity index (χ3n) is 4.34. The van der Waals surface area contributed by atoms with Crippen LogP contribution < -0.4 is 9.47 Å². The van der Waals surface area contributed by atoms with Gasteiger partial charge in [-0.3, -0.25) is 9.48 Å². The number of aromatic nitrogens is 2. The molecule has 0 fully saturated rings. The zero-order valence-electron chi connectivity index (χ0n) is 16.3. The normalized spacial score (nSPS) is 10.5. The Bertz CT molecular complexity index is 949. The van der Waals surface area contributed by atoms with Crippen molar-refractivity contribution < 1.29 is 19.0 Å². The molecule has 3 rings (SSSR count). The maximum atomic E-state index is 11.8. The first-order chi connectivity index (χ1) is 13.6. The summed E-state index contributed by atoms with van der Waals surface area (Å²) in [5, 5.41) is 4.73. The van der Waals surface area contributed by atoms with Crippen LogP contribution in [-0.2, 0) is 16.1 Å². The van der Waals surface area contributed by atoms with Gasteiger partial charge in [0.05, 0.1) is 45.2 Å². The third-order valence-corrected chi connectivity index (χ3v) is 4.34. The Hall–Kier alpha value is -3.28. The summed E-state index contributed by atoms with van der Waals surface area (Å²) in [4.78, 5) is 11.8. The zero-order valence-corrected chi connectivity index (χ0v) is 16.3. The summed E-state index contributed by atoms with van der Waals surface area (Å²) in [6.07, 6.45) is 0.254. The largest absolute Gasteiger partial charge is 0.497 e. The number of rotatable bonds is 8. The van der Waals surface area contributed by atoms with E-state index in [0.29, 0.717) is 13.2 Å². The van der Waals surface area contributed by atoms with E-state index in [1.54, 1.807) is 21.1 Å². The molecule has 0 aliphatic heterocycles. The molecule has 6 nitrogen and oxygen atoms in total. The second-order valence-electron chi connectivity index (χ2n) is 6.16. The number of esters is 1. The molecule has 0 radical (unpaired) electrons. The minimum Gasteiger partial charge on any atom is -0.497 e. The fourth-order valence-corrected chi connectivity index (χ4v) is 2.96. The van der Waals surface area contributed by atoms with Crippen LogP contribution in [0.2, 0.25) is 0 Å². The van der Waals surface area contributed by atoms with E-state index in [0.717, 1.165) is 34.0 Å². The van der Waals surface area contributed by atoms with Gasteiger partial charge in [0.2, 0.25) is 0 Å². The van der Waals surface area contributed by atoms with Crippen molar-refractivity contribution in [1.29, 1.82) is 0 Å². The van der Waals surface area contributed by atoms with Gasteiger partial charge in [0.15, 0.2) is 0 Å². The molecule has 0 atom stereocenters. The highest BCUT2D eigenvalue weighted by atomic mass is 16.5. The summed E-state index contributed by atoms with van der Waals surface area (Å²) < 4.78 is 17.6. The highest BCUT2D eigenvalue weighted by molar-refractivity contribution is 5.71. The van der Waals surface area contributed by atoms with E-state index in [9.17, 15) is 4.79 Å². The second-order valence-corrected chi connectivity index (χ2v) is 6.16. The Morgan fingerprint density at radius 1 is 0.964 bits per heavy atom. The van der Waals surface area contributed by atoms with E-state index in [2.05, 4.69) is 0 Å². The van der Waals surface area contributed by atoms with Crippen molar-refractivity contribution in [2.75, 3.05) is 20.8 Å². The van der Waals surface area contributed by atoms with Crippen LogP contribution in [0.1, 0.15) is 13.3 Å². The number of hydrogen-bond acceptors (Lipinski definition) is 5. The van der Waals surface area contributed by atoms with E-state index < -0.39 is 0 Å². The fourth-order valence-electron chi connectivity index (χ4n) is 2.96. The topological polar surface area (TPSA) is 62.6 Å². The number of nitrogens with zero attached hydrogens (tertiary/aromatic N) is 2. The maximum Gasteiger partial charge on any atom is 0.307 e. The molecular weight excluding hydrogens is 356 g/mol. The summed E-state index contributed by atoms with van der Waals surface area (Å²) in [7, 11) is 3.28. The van der Waals surface area contributed by atoms with Crippen LogP contribution in [0.4, 0.5) is 0 Å². The summed E-state index contributed by atoms with van der Waals surface area (Å²) in [6, 6.07) is 17.5. The highest BCUT2D eigenvalue weighted by Gasteiger charge is 2.14. The first-order valence-electron chi connectivity index (χ1n) is 9.17. The minimum absolute atomic E-state index is 0.238. The lowest BCUT2D eigenvalue weighted by molar-refractivity contribution is -0.143. The first-order valence-corrected chi connectivity index (χ1v) is 9.17. The van der Waals surface area contributed by atoms with Crippen LogP contribution in [0.25, 0.3) is 22.5 Å². The number of aryl methyl sites for hydroxylation is 1. The minimum atomic E-state index is -0.238. The fraction of sp³-hybridized carbons (Fsp3) is 0.273. The monoisotopic (exact) mass is 380 g/mol. The molecule has 0 unspecified atom stereocenters. The summed E-state index contributed by atoms with van der Waals surface area (Å²) in [6.45, 7) is 2.60. The lowest BCUT2D eigenvalue weighted by Gasteiger charge is -2.08. The Morgan fingerprint density at radius 3 is 2.25 bits per heavy atom. The Kier molecular flexibility index (Phi) is 6.32. The van der Waals surface area contributed by atoms with Crippen molar-refractivity contribution in [2.24, 2.45) is 0 Å². The molecule has 0 N–H and O–H groups in total. The average Bonchev–Trinajstić information content (AvgIpc) is 3.17. The van der Waals surface area contributed by atoms with Gasteiger partial charge < -0.3 is 14.2 Å². The van der Waals surface area contributed by atoms with Crippen molar-refractivity contribution >= 4 is 5.97 Å². The molecule has 0 saturated heterocycles. The average molecular weight is 380 g/mol. The van der Waals surface area contributed by atoms with Gasteiger partial charge in [-0.15, -0.1) is 0 Å². The lowest BCUT2D eigenvalue weighted by Crippen LogP contribution is -2.10. The van der Waals surface area contributed by atoms with Crippen LogP contribution in [0.15, 0.2) is 54.6 Å². The SMILES string of the molecule is CCOC(=O)CCn1nc(-c2cccc(OC)c2)cc1-c1cccc(OC)c1. The predicted octanol–water partition coefficient (Wildman–Crippen LogP) is 4.19. The molecule has 2 aromatic carbocycles.